The molecule has 0 spiro atoms. The number of ether oxygens (including phenoxy) is 5. The summed E-state index contributed by atoms with van der Waals surface area (Å²) >= 11 is 0. The lowest BCUT2D eigenvalue weighted by atomic mass is 10.0. The molecule has 2 aromatic rings. The third kappa shape index (κ3) is 8.04. The molecular formula is C30H42O5. The molecule has 192 valence electrons. The molecule has 5 nitrogen and oxygen atoms in total. The number of unbranched alkanes of at least 4 members (excludes halogenated alkanes) is 3. The van der Waals surface area contributed by atoms with Crippen molar-refractivity contribution in [2.75, 3.05) is 19.8 Å². The summed E-state index contributed by atoms with van der Waals surface area (Å²) in [7, 11) is 0. The van der Waals surface area contributed by atoms with E-state index in [2.05, 4.69) is 43.3 Å². The molecule has 2 heterocycles. The van der Waals surface area contributed by atoms with Gasteiger partial charge in [0, 0.05) is 6.61 Å². The highest BCUT2D eigenvalue weighted by Gasteiger charge is 2.39. The minimum atomic E-state index is -0.605. The molecule has 4 rings (SSSR count). The predicted octanol–water partition coefficient (Wildman–Crippen LogP) is 6.92. The molecule has 0 saturated carbocycles. The van der Waals surface area contributed by atoms with Gasteiger partial charge in [0.05, 0.1) is 6.61 Å². The van der Waals surface area contributed by atoms with Crippen molar-refractivity contribution in [3.05, 3.63) is 54.1 Å². The van der Waals surface area contributed by atoms with Crippen LogP contribution in [0.1, 0.15) is 71.3 Å². The van der Waals surface area contributed by atoms with E-state index in [-0.39, 0.29) is 18.5 Å². The lowest BCUT2D eigenvalue weighted by Crippen LogP contribution is -2.41. The van der Waals surface area contributed by atoms with E-state index < -0.39 is 5.79 Å². The lowest BCUT2D eigenvalue weighted by Gasteiger charge is -2.30. The predicted molar refractivity (Wildman–Crippen MR) is 139 cm³/mol. The van der Waals surface area contributed by atoms with Gasteiger partial charge >= 0.3 is 0 Å². The fourth-order valence-electron chi connectivity index (χ4n) is 4.69. The van der Waals surface area contributed by atoms with Gasteiger partial charge in [0.1, 0.15) is 24.6 Å². The number of hydrogen-bond donors (Lipinski definition) is 0. The third-order valence-corrected chi connectivity index (χ3v) is 6.78. The van der Waals surface area contributed by atoms with Crippen LogP contribution in [-0.4, -0.2) is 44.1 Å². The Hall–Kier alpha value is -1.92. The van der Waals surface area contributed by atoms with E-state index in [9.17, 15) is 0 Å². The van der Waals surface area contributed by atoms with Crippen LogP contribution >= 0.6 is 0 Å². The summed E-state index contributed by atoms with van der Waals surface area (Å²) in [4.78, 5) is 0. The van der Waals surface area contributed by atoms with Gasteiger partial charge in [-0.25, -0.2) is 0 Å². The molecule has 0 N–H and O–H groups in total. The van der Waals surface area contributed by atoms with E-state index in [1.807, 2.05) is 26.0 Å². The van der Waals surface area contributed by atoms with E-state index in [0.717, 1.165) is 38.0 Å². The molecule has 0 aliphatic carbocycles. The van der Waals surface area contributed by atoms with Gasteiger partial charge in [-0.05, 0) is 74.8 Å². The highest BCUT2D eigenvalue weighted by atomic mass is 16.8. The highest BCUT2D eigenvalue weighted by molar-refractivity contribution is 5.64. The highest BCUT2D eigenvalue weighted by Crippen LogP contribution is 2.28. The minimum absolute atomic E-state index is 0.185. The third-order valence-electron chi connectivity index (χ3n) is 6.78. The largest absolute Gasteiger partial charge is 0.491 e. The van der Waals surface area contributed by atoms with Crippen molar-refractivity contribution in [3.63, 3.8) is 0 Å². The molecule has 0 radical (unpaired) electrons. The van der Waals surface area contributed by atoms with Crippen molar-refractivity contribution in [1.29, 1.82) is 0 Å². The van der Waals surface area contributed by atoms with Crippen molar-refractivity contribution in [2.24, 2.45) is 0 Å². The zero-order valence-electron chi connectivity index (χ0n) is 21.7. The molecule has 0 aromatic heterocycles. The summed E-state index contributed by atoms with van der Waals surface area (Å²) in [5.74, 6) is 0.212. The first-order chi connectivity index (χ1) is 17.0. The van der Waals surface area contributed by atoms with Crippen LogP contribution in [0.3, 0.4) is 0 Å². The van der Waals surface area contributed by atoms with Crippen LogP contribution in [0.5, 0.6) is 5.75 Å². The molecule has 35 heavy (non-hydrogen) atoms. The van der Waals surface area contributed by atoms with Gasteiger partial charge in [-0.2, -0.15) is 0 Å². The molecule has 2 aromatic carbocycles. The second kappa shape index (κ2) is 12.9. The Kier molecular flexibility index (Phi) is 9.61. The molecule has 1 unspecified atom stereocenters. The number of hydrogen-bond acceptors (Lipinski definition) is 5. The normalized spacial score (nSPS) is 22.7. The maximum absolute atomic E-state index is 6.28. The number of benzene rings is 2. The fraction of sp³-hybridized carbons (Fsp3) is 0.600. The van der Waals surface area contributed by atoms with Crippen LogP contribution in [-0.2, 0) is 25.4 Å². The van der Waals surface area contributed by atoms with Crippen molar-refractivity contribution in [3.8, 4) is 16.9 Å². The summed E-state index contributed by atoms with van der Waals surface area (Å²) in [6.45, 7) is 7.73. The van der Waals surface area contributed by atoms with Gasteiger partial charge in [-0.15, -0.1) is 0 Å². The first-order valence-corrected chi connectivity index (χ1v) is 13.4. The minimum Gasteiger partial charge on any atom is -0.491 e. The SMILES string of the molecule is CCCCCCc1ccc(-c2ccc(OC[C@H](OC3CCCCO3)[C@@H]3COC(C)(C)O3)cc2)cc1. The fourth-order valence-corrected chi connectivity index (χ4v) is 4.69. The molecule has 2 aliphatic heterocycles. The Morgan fingerprint density at radius 1 is 0.943 bits per heavy atom. The summed E-state index contributed by atoms with van der Waals surface area (Å²) in [6.07, 6.45) is 8.81. The first kappa shape index (κ1) is 26.2. The average Bonchev–Trinajstić information content (AvgIpc) is 3.25. The summed E-state index contributed by atoms with van der Waals surface area (Å²) in [5, 5.41) is 0. The Bertz CT molecular complexity index is 871. The lowest BCUT2D eigenvalue weighted by molar-refractivity contribution is -0.223. The molecule has 0 amide bonds. The average molecular weight is 483 g/mol. The van der Waals surface area contributed by atoms with Gasteiger partial charge in [-0.1, -0.05) is 62.6 Å². The van der Waals surface area contributed by atoms with Crippen LogP contribution < -0.4 is 4.74 Å². The summed E-state index contributed by atoms with van der Waals surface area (Å²) in [5.41, 5.74) is 3.83. The molecule has 5 heteroatoms. The van der Waals surface area contributed by atoms with E-state index >= 15 is 0 Å². The van der Waals surface area contributed by atoms with Gasteiger partial charge in [0.25, 0.3) is 0 Å². The van der Waals surface area contributed by atoms with Crippen LogP contribution in [0.4, 0.5) is 0 Å². The molecule has 2 saturated heterocycles. The molecule has 2 aliphatic rings. The Morgan fingerprint density at radius 2 is 1.69 bits per heavy atom. The van der Waals surface area contributed by atoms with Gasteiger partial charge in [0.2, 0.25) is 0 Å². The maximum Gasteiger partial charge on any atom is 0.163 e. The molecule has 0 bridgehead atoms. The molecular weight excluding hydrogens is 440 g/mol. The number of aryl methyl sites for hydroxylation is 1. The van der Waals surface area contributed by atoms with Crippen LogP contribution in [0.15, 0.2) is 48.5 Å². The second-order valence-corrected chi connectivity index (χ2v) is 10.2. The Labute approximate surface area is 211 Å². The topological polar surface area (TPSA) is 46.2 Å². The van der Waals surface area contributed by atoms with E-state index in [4.69, 9.17) is 23.7 Å². The smallest absolute Gasteiger partial charge is 0.163 e. The molecule has 2 fully saturated rings. The summed E-state index contributed by atoms with van der Waals surface area (Å²) < 4.78 is 30.1. The van der Waals surface area contributed by atoms with Crippen molar-refractivity contribution >= 4 is 0 Å². The summed E-state index contributed by atoms with van der Waals surface area (Å²) in [6, 6.07) is 17.2. The van der Waals surface area contributed by atoms with Crippen molar-refractivity contribution in [1.82, 2.24) is 0 Å². The quantitative estimate of drug-likeness (QED) is 0.307. The van der Waals surface area contributed by atoms with E-state index in [1.165, 1.54) is 42.4 Å². The zero-order chi connectivity index (χ0) is 24.5. The van der Waals surface area contributed by atoms with Gasteiger partial charge in [0.15, 0.2) is 12.1 Å². The monoisotopic (exact) mass is 482 g/mol. The first-order valence-electron chi connectivity index (χ1n) is 13.4. The van der Waals surface area contributed by atoms with Crippen LogP contribution in [0.25, 0.3) is 11.1 Å². The standard InChI is InChI=1S/C30H42O5/c1-4-5-6-7-10-23-12-14-24(15-13-23)25-16-18-26(19-17-25)32-21-27(28-22-33-30(2,3)35-28)34-29-11-8-9-20-31-29/h12-19,27-29H,4-11,20-22H2,1-3H3/t27-,28-,29?/m0/s1. The van der Waals surface area contributed by atoms with Gasteiger partial charge in [-0.3, -0.25) is 0 Å². The van der Waals surface area contributed by atoms with Gasteiger partial charge < -0.3 is 23.7 Å². The van der Waals surface area contributed by atoms with E-state index in [1.54, 1.807) is 0 Å². The van der Waals surface area contributed by atoms with E-state index in [0.29, 0.717) is 13.2 Å². The second-order valence-electron chi connectivity index (χ2n) is 10.2. The molecule has 3 atom stereocenters. The Morgan fingerprint density at radius 3 is 2.31 bits per heavy atom. The van der Waals surface area contributed by atoms with Crippen LogP contribution in [0, 0.1) is 0 Å². The van der Waals surface area contributed by atoms with Crippen molar-refractivity contribution in [2.45, 2.75) is 96.4 Å². The van der Waals surface area contributed by atoms with Crippen LogP contribution in [0.2, 0.25) is 0 Å². The Balaban J connectivity index is 1.32. The zero-order valence-corrected chi connectivity index (χ0v) is 21.7. The number of rotatable bonds is 12. The maximum atomic E-state index is 6.28. The van der Waals surface area contributed by atoms with Crippen molar-refractivity contribution < 1.29 is 23.7 Å².